The highest BCUT2D eigenvalue weighted by atomic mass is 16.5. The molecule has 4 fully saturated rings. The van der Waals surface area contributed by atoms with Gasteiger partial charge in [-0.3, -0.25) is 14.4 Å². The summed E-state index contributed by atoms with van der Waals surface area (Å²) in [6.07, 6.45) is 9.80. The summed E-state index contributed by atoms with van der Waals surface area (Å²) in [5, 5.41) is 0. The molecule has 0 amide bonds. The number of fused-ring (bicyclic) bond motifs is 5. The average molecular weight is 491 g/mol. The van der Waals surface area contributed by atoms with Crippen LogP contribution in [0.3, 0.4) is 0 Å². The highest BCUT2D eigenvalue weighted by Crippen LogP contribution is 2.68. The zero-order chi connectivity index (χ0) is 25.5. The van der Waals surface area contributed by atoms with Gasteiger partial charge in [-0.2, -0.15) is 0 Å². The number of carbonyl (C=O) groups excluding carboxylic acids is 3. The maximum Gasteiger partial charge on any atom is 0.305 e. The minimum Gasteiger partial charge on any atom is -0.469 e. The largest absolute Gasteiger partial charge is 0.469 e. The van der Waals surface area contributed by atoms with Crippen LogP contribution < -0.4 is 0 Å². The predicted molar refractivity (Wildman–Crippen MR) is 132 cm³/mol. The molecule has 0 aromatic rings. The Morgan fingerprint density at radius 2 is 1.54 bits per heavy atom. The van der Waals surface area contributed by atoms with Crippen molar-refractivity contribution in [3.63, 3.8) is 0 Å². The zero-order valence-corrected chi connectivity index (χ0v) is 22.6. The van der Waals surface area contributed by atoms with Gasteiger partial charge < -0.3 is 14.2 Å². The van der Waals surface area contributed by atoms with Crippen molar-refractivity contribution >= 4 is 17.9 Å². The molecule has 4 rings (SSSR count). The highest BCUT2D eigenvalue weighted by Gasteiger charge is 2.63. The second-order valence-corrected chi connectivity index (χ2v) is 12.7. The molecule has 10 atom stereocenters. The molecule has 198 valence electrons. The van der Waals surface area contributed by atoms with Gasteiger partial charge in [0.25, 0.3) is 0 Å². The molecule has 0 saturated heterocycles. The summed E-state index contributed by atoms with van der Waals surface area (Å²) < 4.78 is 16.6. The van der Waals surface area contributed by atoms with Crippen LogP contribution in [-0.2, 0) is 28.6 Å². The van der Waals surface area contributed by atoms with E-state index < -0.39 is 0 Å². The molecule has 4 aliphatic carbocycles. The molecule has 0 spiro atoms. The first-order chi connectivity index (χ1) is 16.5. The van der Waals surface area contributed by atoms with Crippen LogP contribution in [0.25, 0.3) is 0 Å². The van der Waals surface area contributed by atoms with Gasteiger partial charge in [0.15, 0.2) is 0 Å². The van der Waals surface area contributed by atoms with E-state index in [1.165, 1.54) is 39.7 Å². The van der Waals surface area contributed by atoms with Crippen molar-refractivity contribution in [1.82, 2.24) is 0 Å². The van der Waals surface area contributed by atoms with Gasteiger partial charge in [0, 0.05) is 26.2 Å². The summed E-state index contributed by atoms with van der Waals surface area (Å²) in [7, 11) is 1.47. The Labute approximate surface area is 211 Å². The van der Waals surface area contributed by atoms with E-state index >= 15 is 0 Å². The lowest BCUT2D eigenvalue weighted by atomic mass is 9.43. The zero-order valence-electron chi connectivity index (χ0n) is 22.6. The minimum atomic E-state index is -0.199. The first-order valence-corrected chi connectivity index (χ1v) is 13.9. The van der Waals surface area contributed by atoms with Crippen molar-refractivity contribution in [2.24, 2.45) is 46.3 Å². The summed E-state index contributed by atoms with van der Waals surface area (Å²) in [4.78, 5) is 35.6. The standard InChI is InChI=1S/C29H46O6/c1-17(7-10-26(32)33-6)22-8-9-23-27-24(12-14-29(22,23)5)28(4)13-11-21(34-18(2)30)15-20(28)16-25(27)35-19(3)31/h17,20-25,27H,7-16H2,1-6H3/t17-,20?,21+,22-,23+,24+,25+,27+,28+,29-/m1/s1. The van der Waals surface area contributed by atoms with Crippen molar-refractivity contribution in [3.8, 4) is 0 Å². The number of hydrogen-bond donors (Lipinski definition) is 0. The van der Waals surface area contributed by atoms with Crippen LogP contribution in [0, 0.1) is 46.3 Å². The Kier molecular flexibility index (Phi) is 7.60. The van der Waals surface area contributed by atoms with Crippen LogP contribution in [-0.4, -0.2) is 37.2 Å². The Hall–Kier alpha value is -1.59. The summed E-state index contributed by atoms with van der Waals surface area (Å²) >= 11 is 0. The molecule has 0 N–H and O–H groups in total. The first kappa shape index (κ1) is 26.5. The number of rotatable bonds is 6. The maximum absolute atomic E-state index is 12.2. The highest BCUT2D eigenvalue weighted by molar-refractivity contribution is 5.69. The van der Waals surface area contributed by atoms with Crippen LogP contribution in [0.15, 0.2) is 0 Å². The van der Waals surface area contributed by atoms with E-state index in [1.807, 2.05) is 0 Å². The number of hydrogen-bond acceptors (Lipinski definition) is 6. The lowest BCUT2D eigenvalue weighted by molar-refractivity contribution is -0.197. The molecule has 0 aromatic heterocycles. The third-order valence-electron chi connectivity index (χ3n) is 11.1. The molecule has 35 heavy (non-hydrogen) atoms. The van der Waals surface area contributed by atoms with E-state index in [0.29, 0.717) is 41.9 Å². The quantitative estimate of drug-likeness (QED) is 0.351. The fraction of sp³-hybridized carbons (Fsp3) is 0.897. The molecule has 6 nitrogen and oxygen atoms in total. The van der Waals surface area contributed by atoms with Crippen molar-refractivity contribution in [2.45, 2.75) is 111 Å². The van der Waals surface area contributed by atoms with E-state index in [1.54, 1.807) is 6.92 Å². The molecule has 4 saturated carbocycles. The lowest BCUT2D eigenvalue weighted by Crippen LogP contribution is -2.59. The molecular weight excluding hydrogens is 444 g/mol. The third kappa shape index (κ3) is 4.87. The molecule has 0 bridgehead atoms. The van der Waals surface area contributed by atoms with Crippen LogP contribution >= 0.6 is 0 Å². The SMILES string of the molecule is COC(=O)CC[C@@H](C)[C@H]1CC[C@H]2[C@@H]3[C@@H](OC(C)=O)CC4C[C@@H](OC(C)=O)CC[C@]4(C)[C@H]3CC[C@]12C. The van der Waals surface area contributed by atoms with Gasteiger partial charge in [-0.15, -0.1) is 0 Å². The number of esters is 3. The van der Waals surface area contributed by atoms with Crippen molar-refractivity contribution in [2.75, 3.05) is 7.11 Å². The van der Waals surface area contributed by atoms with Gasteiger partial charge in [0.05, 0.1) is 7.11 Å². The molecular formula is C29H46O6. The smallest absolute Gasteiger partial charge is 0.305 e. The van der Waals surface area contributed by atoms with Gasteiger partial charge in [-0.1, -0.05) is 20.8 Å². The van der Waals surface area contributed by atoms with E-state index in [-0.39, 0.29) is 40.9 Å². The average Bonchev–Trinajstić information content (AvgIpc) is 3.14. The van der Waals surface area contributed by atoms with Crippen LogP contribution in [0.2, 0.25) is 0 Å². The third-order valence-corrected chi connectivity index (χ3v) is 11.1. The monoisotopic (exact) mass is 490 g/mol. The Bertz CT molecular complexity index is 824. The van der Waals surface area contributed by atoms with E-state index in [2.05, 4.69) is 20.8 Å². The van der Waals surface area contributed by atoms with Crippen molar-refractivity contribution < 1.29 is 28.6 Å². The molecule has 1 unspecified atom stereocenters. The fourth-order valence-electron chi connectivity index (χ4n) is 9.46. The molecule has 6 heteroatoms. The fourth-order valence-corrected chi connectivity index (χ4v) is 9.46. The van der Waals surface area contributed by atoms with E-state index in [4.69, 9.17) is 14.2 Å². The van der Waals surface area contributed by atoms with Gasteiger partial charge in [0.2, 0.25) is 0 Å². The second kappa shape index (κ2) is 10.0. The van der Waals surface area contributed by atoms with Gasteiger partial charge in [-0.05, 0) is 98.2 Å². The van der Waals surface area contributed by atoms with E-state index in [0.717, 1.165) is 32.1 Å². The number of carbonyl (C=O) groups is 3. The van der Waals surface area contributed by atoms with Crippen LogP contribution in [0.1, 0.15) is 98.8 Å². The molecule has 0 aromatic carbocycles. The molecule has 0 heterocycles. The van der Waals surface area contributed by atoms with E-state index in [9.17, 15) is 14.4 Å². The summed E-state index contributed by atoms with van der Waals surface area (Å²) in [5.41, 5.74) is 0.418. The van der Waals surface area contributed by atoms with Gasteiger partial charge in [0.1, 0.15) is 12.2 Å². The summed E-state index contributed by atoms with van der Waals surface area (Å²) in [6, 6.07) is 0. The van der Waals surface area contributed by atoms with Crippen molar-refractivity contribution in [3.05, 3.63) is 0 Å². The first-order valence-electron chi connectivity index (χ1n) is 13.9. The van der Waals surface area contributed by atoms with Crippen molar-refractivity contribution in [1.29, 1.82) is 0 Å². The van der Waals surface area contributed by atoms with Crippen LogP contribution in [0.4, 0.5) is 0 Å². The number of ether oxygens (including phenoxy) is 3. The number of methoxy groups -OCH3 is 1. The molecule has 0 radical (unpaired) electrons. The van der Waals surface area contributed by atoms with Gasteiger partial charge in [-0.25, -0.2) is 0 Å². The van der Waals surface area contributed by atoms with Gasteiger partial charge >= 0.3 is 17.9 Å². The summed E-state index contributed by atoms with van der Waals surface area (Å²) in [5.74, 6) is 2.43. The predicted octanol–water partition coefficient (Wildman–Crippen LogP) is 5.71. The maximum atomic E-state index is 12.2. The molecule has 4 aliphatic rings. The minimum absolute atomic E-state index is 0.0134. The van der Waals surface area contributed by atoms with Crippen LogP contribution in [0.5, 0.6) is 0 Å². The second-order valence-electron chi connectivity index (χ2n) is 12.7. The Balaban J connectivity index is 1.57. The normalized spacial score (nSPS) is 43.2. The summed E-state index contributed by atoms with van der Waals surface area (Å²) in [6.45, 7) is 10.3. The lowest BCUT2D eigenvalue weighted by Gasteiger charge is -2.62. The topological polar surface area (TPSA) is 78.9 Å². The Morgan fingerprint density at radius 1 is 0.886 bits per heavy atom. The molecule has 0 aliphatic heterocycles. The Morgan fingerprint density at radius 3 is 2.20 bits per heavy atom.